The number of aliphatic hydroxyl groups is 1. The van der Waals surface area contributed by atoms with Gasteiger partial charge in [0, 0.05) is 41.2 Å². The number of benzene rings is 1. The van der Waals surface area contributed by atoms with E-state index in [2.05, 4.69) is 0 Å². The number of carbonyl (C=O) groups is 4. The Balaban J connectivity index is 1.96. The minimum atomic E-state index is -2.85. The van der Waals surface area contributed by atoms with Gasteiger partial charge in [-0.15, -0.1) is 0 Å². The van der Waals surface area contributed by atoms with Crippen LogP contribution in [0.4, 0.5) is 0 Å². The summed E-state index contributed by atoms with van der Waals surface area (Å²) in [6.07, 6.45) is 0.0495. The molecule has 0 amide bonds. The molecular weight excluding hydrogens is 556 g/mol. The number of fused-ring (bicyclic) bond motifs is 5. The van der Waals surface area contributed by atoms with Crippen LogP contribution in [0.15, 0.2) is 29.4 Å². The molecule has 1 fully saturated rings. The summed E-state index contributed by atoms with van der Waals surface area (Å²) < 4.78 is 45.7. The fourth-order valence-electron chi connectivity index (χ4n) is 6.25. The lowest BCUT2D eigenvalue weighted by Crippen LogP contribution is -2.75. The molecule has 1 aromatic carbocycles. The Kier molecular flexibility index (Phi) is 7.01. The van der Waals surface area contributed by atoms with Crippen molar-refractivity contribution >= 4 is 23.9 Å². The molecule has 2 bridgehead atoms. The standard InChI is InChI=1S/C29H32O13/c1-8-13(2)25(32)41-24-17(10-19(31)35-6)28-11-37-23-20(28)16(9-18-22(23)39-12-38-18)21(40-15(4)30)14(3)27(24,5)42-29(28,34)26(33)36-7/h8-10,14,21,24,34H,11-12H2,1-7H3/t14-,21+,24-,27-,28-,29+/m0/s1. The predicted octanol–water partition coefficient (Wildman–Crippen LogP) is 1.93. The molecule has 4 aliphatic heterocycles. The molecule has 5 aliphatic rings. The molecule has 1 spiro atoms. The normalized spacial score (nSPS) is 33.2. The van der Waals surface area contributed by atoms with Crippen molar-refractivity contribution in [3.8, 4) is 17.2 Å². The fraction of sp³-hybridized carbons (Fsp3) is 0.517. The molecule has 1 aromatic rings. The van der Waals surface area contributed by atoms with E-state index >= 15 is 0 Å². The van der Waals surface area contributed by atoms with E-state index in [0.717, 1.165) is 20.3 Å². The monoisotopic (exact) mass is 588 g/mol. The molecule has 0 unspecified atom stereocenters. The Bertz CT molecular complexity index is 1440. The minimum Gasteiger partial charge on any atom is -0.488 e. The third-order valence-electron chi connectivity index (χ3n) is 8.63. The number of hydrogen-bond acceptors (Lipinski definition) is 13. The highest BCUT2D eigenvalue weighted by molar-refractivity contribution is 5.91. The first kappa shape index (κ1) is 29.4. The first-order valence-corrected chi connectivity index (χ1v) is 13.2. The molecule has 226 valence electrons. The van der Waals surface area contributed by atoms with Crippen molar-refractivity contribution in [1.82, 2.24) is 0 Å². The van der Waals surface area contributed by atoms with Crippen LogP contribution in [0.5, 0.6) is 17.2 Å². The first-order valence-electron chi connectivity index (χ1n) is 13.2. The minimum absolute atomic E-state index is 0.0553. The summed E-state index contributed by atoms with van der Waals surface area (Å²) in [4.78, 5) is 52.3. The maximum Gasteiger partial charge on any atom is 0.367 e. The van der Waals surface area contributed by atoms with Gasteiger partial charge >= 0.3 is 23.9 Å². The highest BCUT2D eigenvalue weighted by Crippen LogP contribution is 2.67. The summed E-state index contributed by atoms with van der Waals surface area (Å²) in [6, 6.07) is 1.57. The number of hydrogen-bond donors (Lipinski definition) is 1. The number of esters is 4. The Hall–Kier alpha value is -4.10. The van der Waals surface area contributed by atoms with E-state index in [1.807, 2.05) is 0 Å². The van der Waals surface area contributed by atoms with Crippen LogP contribution in [0.2, 0.25) is 0 Å². The number of allylic oxidation sites excluding steroid dienone is 1. The third kappa shape index (κ3) is 3.83. The number of ether oxygens (including phenoxy) is 8. The maximum absolute atomic E-state index is 13.6. The molecule has 0 radical (unpaired) electrons. The largest absolute Gasteiger partial charge is 0.488 e. The van der Waals surface area contributed by atoms with E-state index in [0.29, 0.717) is 5.56 Å². The van der Waals surface area contributed by atoms with Crippen molar-refractivity contribution in [2.24, 2.45) is 5.92 Å². The van der Waals surface area contributed by atoms with Gasteiger partial charge in [-0.2, -0.15) is 0 Å². The van der Waals surface area contributed by atoms with Gasteiger partial charge in [-0.3, -0.25) is 4.79 Å². The van der Waals surface area contributed by atoms with E-state index in [1.165, 1.54) is 26.8 Å². The van der Waals surface area contributed by atoms with Crippen LogP contribution < -0.4 is 14.2 Å². The van der Waals surface area contributed by atoms with E-state index in [4.69, 9.17) is 37.9 Å². The van der Waals surface area contributed by atoms with Crippen LogP contribution in [-0.2, 0) is 48.3 Å². The average Bonchev–Trinajstić information content (AvgIpc) is 3.60. The summed E-state index contributed by atoms with van der Waals surface area (Å²) >= 11 is 0. The molecule has 13 heteroatoms. The van der Waals surface area contributed by atoms with Crippen LogP contribution in [-0.4, -0.2) is 74.1 Å². The molecule has 1 aliphatic carbocycles. The van der Waals surface area contributed by atoms with Crippen LogP contribution in [0.25, 0.3) is 0 Å². The second-order valence-electron chi connectivity index (χ2n) is 10.7. The van der Waals surface area contributed by atoms with E-state index in [9.17, 15) is 24.3 Å². The van der Waals surface area contributed by atoms with Crippen LogP contribution in [0, 0.1) is 5.92 Å². The zero-order chi connectivity index (χ0) is 30.8. The molecule has 0 saturated carbocycles. The summed E-state index contributed by atoms with van der Waals surface area (Å²) in [5.41, 5.74) is -3.32. The maximum atomic E-state index is 13.6. The summed E-state index contributed by atoms with van der Waals surface area (Å²) in [6.45, 7) is 6.88. The number of methoxy groups -OCH3 is 2. The SMILES string of the molecule is CC=C(C)C(=O)O[C@H]1C(=CC(=O)OC)[C@@]23COc4c5c(cc(c42)[C@H](OC(C)=O)[C@H](C)[C@]1(C)O[C@]3(O)C(=O)OC)OCO5. The van der Waals surface area contributed by atoms with Gasteiger partial charge in [-0.1, -0.05) is 13.0 Å². The Morgan fingerprint density at radius 3 is 2.38 bits per heavy atom. The van der Waals surface area contributed by atoms with Crippen molar-refractivity contribution in [2.75, 3.05) is 27.6 Å². The topological polar surface area (TPSA) is 162 Å². The lowest BCUT2D eigenvalue weighted by molar-refractivity contribution is -0.338. The number of rotatable bonds is 5. The van der Waals surface area contributed by atoms with Gasteiger partial charge in [-0.05, 0) is 26.8 Å². The van der Waals surface area contributed by atoms with Gasteiger partial charge in [0.1, 0.15) is 23.7 Å². The quantitative estimate of drug-likeness (QED) is 0.302. The molecule has 6 rings (SSSR count). The van der Waals surface area contributed by atoms with Gasteiger partial charge in [0.2, 0.25) is 12.5 Å². The van der Waals surface area contributed by atoms with Gasteiger partial charge in [0.15, 0.2) is 17.6 Å². The molecule has 6 atom stereocenters. The predicted molar refractivity (Wildman–Crippen MR) is 139 cm³/mol. The van der Waals surface area contributed by atoms with E-state index in [1.54, 1.807) is 19.9 Å². The molecule has 1 N–H and O–H groups in total. The zero-order valence-corrected chi connectivity index (χ0v) is 24.2. The van der Waals surface area contributed by atoms with Gasteiger partial charge < -0.3 is 43.0 Å². The van der Waals surface area contributed by atoms with Crippen molar-refractivity contribution < 1.29 is 62.2 Å². The first-order chi connectivity index (χ1) is 19.8. The van der Waals surface area contributed by atoms with Crippen molar-refractivity contribution in [3.05, 3.63) is 40.5 Å². The second kappa shape index (κ2) is 10.0. The molecule has 0 aromatic heterocycles. The highest BCUT2D eigenvalue weighted by Gasteiger charge is 2.77. The Labute approximate surface area is 241 Å². The lowest BCUT2D eigenvalue weighted by atomic mass is 9.56. The van der Waals surface area contributed by atoms with Crippen molar-refractivity contribution in [1.29, 1.82) is 0 Å². The van der Waals surface area contributed by atoms with Gasteiger partial charge in [0.05, 0.1) is 14.2 Å². The van der Waals surface area contributed by atoms with E-state index < -0.39 is 65.4 Å². The third-order valence-corrected chi connectivity index (χ3v) is 8.63. The smallest absolute Gasteiger partial charge is 0.367 e. The zero-order valence-electron chi connectivity index (χ0n) is 24.2. The van der Waals surface area contributed by atoms with Crippen LogP contribution in [0.1, 0.15) is 51.8 Å². The Morgan fingerprint density at radius 1 is 1.05 bits per heavy atom. The molecule has 42 heavy (non-hydrogen) atoms. The van der Waals surface area contributed by atoms with E-state index in [-0.39, 0.29) is 40.8 Å². The number of carbonyl (C=O) groups excluding carboxylic acids is 4. The summed E-state index contributed by atoms with van der Waals surface area (Å²) in [5, 5.41) is 12.4. The second-order valence-corrected chi connectivity index (χ2v) is 10.7. The van der Waals surface area contributed by atoms with Crippen molar-refractivity contribution in [3.63, 3.8) is 0 Å². The molecule has 1 saturated heterocycles. The van der Waals surface area contributed by atoms with Crippen molar-refractivity contribution in [2.45, 2.75) is 63.6 Å². The molecule has 4 heterocycles. The molecule has 13 nitrogen and oxygen atoms in total. The fourth-order valence-corrected chi connectivity index (χ4v) is 6.25. The lowest BCUT2D eigenvalue weighted by Gasteiger charge is -2.59. The summed E-state index contributed by atoms with van der Waals surface area (Å²) in [7, 11) is 2.21. The van der Waals surface area contributed by atoms with Crippen LogP contribution in [0.3, 0.4) is 0 Å². The Morgan fingerprint density at radius 2 is 1.76 bits per heavy atom. The van der Waals surface area contributed by atoms with Crippen LogP contribution >= 0.6 is 0 Å². The highest BCUT2D eigenvalue weighted by atomic mass is 16.7. The summed E-state index contributed by atoms with van der Waals surface area (Å²) in [5.74, 6) is -6.78. The van der Waals surface area contributed by atoms with Gasteiger partial charge in [0.25, 0.3) is 5.79 Å². The molecular formula is C29H32O13. The van der Waals surface area contributed by atoms with Gasteiger partial charge in [-0.25, -0.2) is 14.4 Å². The average molecular weight is 589 g/mol.